The molecule has 0 aromatic carbocycles. The highest BCUT2D eigenvalue weighted by atomic mass is 19.4. The maximum absolute atomic E-state index is 11.6. The van der Waals surface area contributed by atoms with E-state index in [-0.39, 0.29) is 0 Å². The Balaban J connectivity index is 4.74. The predicted molar refractivity (Wildman–Crippen MR) is 22.8 cm³/mol. The maximum Gasteiger partial charge on any atom is 0.460 e. The third-order valence-corrected chi connectivity index (χ3v) is 0.769. The summed E-state index contributed by atoms with van der Waals surface area (Å²) in [5, 5.41) is 7.52. The molecule has 0 rings (SSSR count). The zero-order chi connectivity index (χ0) is 9.28. The largest absolute Gasteiger partial charge is 0.513 e. The molecular formula is C4H2F6O. The standard InChI is InChI=1S/C4H2F6O/c5-2(1-11)3(6,7)4(8,9)10/h1,11H. The van der Waals surface area contributed by atoms with E-state index in [9.17, 15) is 26.3 Å². The summed E-state index contributed by atoms with van der Waals surface area (Å²) in [5.41, 5.74) is 0. The van der Waals surface area contributed by atoms with Gasteiger partial charge in [-0.2, -0.15) is 22.0 Å². The van der Waals surface area contributed by atoms with Gasteiger partial charge in [-0.25, -0.2) is 4.39 Å². The second-order valence-electron chi connectivity index (χ2n) is 1.55. The highest BCUT2D eigenvalue weighted by Crippen LogP contribution is 2.41. The van der Waals surface area contributed by atoms with Gasteiger partial charge >= 0.3 is 12.1 Å². The molecule has 0 atom stereocenters. The molecule has 7 heteroatoms. The number of aliphatic hydroxyl groups is 1. The summed E-state index contributed by atoms with van der Waals surface area (Å²) >= 11 is 0. The van der Waals surface area contributed by atoms with Gasteiger partial charge in [0.05, 0.1) is 0 Å². The second kappa shape index (κ2) is 2.63. The molecule has 0 aromatic heterocycles. The van der Waals surface area contributed by atoms with Gasteiger partial charge < -0.3 is 5.11 Å². The van der Waals surface area contributed by atoms with Crippen molar-refractivity contribution in [3.8, 4) is 0 Å². The van der Waals surface area contributed by atoms with Gasteiger partial charge in [-0.15, -0.1) is 0 Å². The van der Waals surface area contributed by atoms with Crippen molar-refractivity contribution < 1.29 is 31.4 Å². The molecule has 0 aliphatic heterocycles. The van der Waals surface area contributed by atoms with Crippen LogP contribution in [0.15, 0.2) is 12.1 Å². The topological polar surface area (TPSA) is 20.2 Å². The van der Waals surface area contributed by atoms with Crippen LogP contribution in [0.25, 0.3) is 0 Å². The average molecular weight is 180 g/mol. The molecule has 0 unspecified atom stereocenters. The lowest BCUT2D eigenvalue weighted by Gasteiger charge is -2.16. The van der Waals surface area contributed by atoms with Crippen LogP contribution < -0.4 is 0 Å². The molecule has 0 aromatic rings. The fraction of sp³-hybridized carbons (Fsp3) is 0.500. The first kappa shape index (κ1) is 10.1. The lowest BCUT2D eigenvalue weighted by atomic mass is 10.3. The fourth-order valence-electron chi connectivity index (χ4n) is 0.216. The number of aliphatic hydroxyl groups excluding tert-OH is 1. The summed E-state index contributed by atoms with van der Waals surface area (Å²) in [4.78, 5) is 0. The molecular weight excluding hydrogens is 178 g/mol. The Hall–Kier alpha value is -0.880. The van der Waals surface area contributed by atoms with Gasteiger partial charge in [-0.1, -0.05) is 0 Å². The number of hydrogen-bond acceptors (Lipinski definition) is 1. The first-order valence-electron chi connectivity index (χ1n) is 2.18. The first-order valence-corrected chi connectivity index (χ1v) is 2.18. The minimum atomic E-state index is -6.02. The van der Waals surface area contributed by atoms with Gasteiger partial charge in [0, 0.05) is 0 Å². The lowest BCUT2D eigenvalue weighted by Crippen LogP contribution is -2.36. The zero-order valence-electron chi connectivity index (χ0n) is 4.79. The Labute approximate surface area is 56.9 Å². The average Bonchev–Trinajstić information content (AvgIpc) is 1.83. The van der Waals surface area contributed by atoms with Crippen molar-refractivity contribution in [2.45, 2.75) is 12.1 Å². The molecule has 1 nitrogen and oxygen atoms in total. The van der Waals surface area contributed by atoms with Gasteiger partial charge in [0.15, 0.2) is 0 Å². The molecule has 0 aliphatic carbocycles. The Morgan fingerprint density at radius 2 is 1.45 bits per heavy atom. The Bertz CT molecular complexity index is 168. The molecule has 0 saturated carbocycles. The van der Waals surface area contributed by atoms with Gasteiger partial charge in [-0.3, -0.25) is 0 Å². The van der Waals surface area contributed by atoms with E-state index in [0.29, 0.717) is 0 Å². The van der Waals surface area contributed by atoms with Crippen LogP contribution in [0.3, 0.4) is 0 Å². The molecule has 0 spiro atoms. The third-order valence-electron chi connectivity index (χ3n) is 0.769. The first-order chi connectivity index (χ1) is 4.73. The molecule has 0 amide bonds. The summed E-state index contributed by atoms with van der Waals surface area (Å²) < 4.78 is 68.1. The Morgan fingerprint density at radius 1 is 1.09 bits per heavy atom. The smallest absolute Gasteiger partial charge is 0.460 e. The summed E-state index contributed by atoms with van der Waals surface area (Å²) in [6, 6.07) is 0. The summed E-state index contributed by atoms with van der Waals surface area (Å²) in [7, 11) is 0. The normalized spacial score (nSPS) is 15.3. The van der Waals surface area contributed by atoms with E-state index in [2.05, 4.69) is 0 Å². The van der Waals surface area contributed by atoms with Gasteiger partial charge in [0.1, 0.15) is 6.26 Å². The SMILES string of the molecule is OC=C(F)C(F)(F)C(F)(F)F. The van der Waals surface area contributed by atoms with E-state index in [4.69, 9.17) is 5.11 Å². The lowest BCUT2D eigenvalue weighted by molar-refractivity contribution is -0.271. The van der Waals surface area contributed by atoms with E-state index in [1.165, 1.54) is 0 Å². The molecule has 0 fully saturated rings. The zero-order valence-corrected chi connectivity index (χ0v) is 4.79. The second-order valence-corrected chi connectivity index (χ2v) is 1.55. The van der Waals surface area contributed by atoms with Gasteiger partial charge in [0.2, 0.25) is 5.83 Å². The molecule has 66 valence electrons. The third kappa shape index (κ3) is 1.78. The van der Waals surface area contributed by atoms with E-state index in [0.717, 1.165) is 0 Å². The fourth-order valence-corrected chi connectivity index (χ4v) is 0.216. The van der Waals surface area contributed by atoms with Crippen LogP contribution in [0.5, 0.6) is 0 Å². The van der Waals surface area contributed by atoms with Crippen LogP contribution in [0.1, 0.15) is 0 Å². The molecule has 0 bridgehead atoms. The number of alkyl halides is 5. The number of halogens is 6. The maximum atomic E-state index is 11.6. The number of rotatable bonds is 1. The van der Waals surface area contributed by atoms with Crippen molar-refractivity contribution in [3.63, 3.8) is 0 Å². The number of hydrogen-bond donors (Lipinski definition) is 1. The van der Waals surface area contributed by atoms with Crippen molar-refractivity contribution >= 4 is 0 Å². The van der Waals surface area contributed by atoms with E-state index < -0.39 is 24.2 Å². The van der Waals surface area contributed by atoms with Crippen molar-refractivity contribution in [1.82, 2.24) is 0 Å². The molecule has 0 saturated heterocycles. The van der Waals surface area contributed by atoms with Crippen LogP contribution in [0, 0.1) is 0 Å². The van der Waals surface area contributed by atoms with Crippen LogP contribution in [0.2, 0.25) is 0 Å². The predicted octanol–water partition coefficient (Wildman–Crippen LogP) is 2.55. The molecule has 0 heterocycles. The van der Waals surface area contributed by atoms with Crippen molar-refractivity contribution in [3.05, 3.63) is 12.1 Å². The molecule has 0 aliphatic rings. The minimum Gasteiger partial charge on any atom is -0.513 e. The van der Waals surface area contributed by atoms with Crippen LogP contribution in [-0.4, -0.2) is 17.2 Å². The van der Waals surface area contributed by atoms with Crippen molar-refractivity contribution in [2.75, 3.05) is 0 Å². The Morgan fingerprint density at radius 3 is 1.55 bits per heavy atom. The minimum absolute atomic E-state index is 0.923. The van der Waals surface area contributed by atoms with Crippen LogP contribution >= 0.6 is 0 Å². The van der Waals surface area contributed by atoms with Crippen LogP contribution in [0.4, 0.5) is 26.3 Å². The highest BCUT2D eigenvalue weighted by Gasteiger charge is 2.61. The molecule has 11 heavy (non-hydrogen) atoms. The van der Waals surface area contributed by atoms with Gasteiger partial charge in [-0.05, 0) is 0 Å². The van der Waals surface area contributed by atoms with Gasteiger partial charge in [0.25, 0.3) is 0 Å². The number of allylic oxidation sites excluding steroid dienone is 1. The van der Waals surface area contributed by atoms with Crippen LogP contribution in [-0.2, 0) is 0 Å². The monoisotopic (exact) mass is 180 g/mol. The van der Waals surface area contributed by atoms with E-state index in [1.54, 1.807) is 0 Å². The highest BCUT2D eigenvalue weighted by molar-refractivity contribution is 5.04. The van der Waals surface area contributed by atoms with Crippen molar-refractivity contribution in [1.29, 1.82) is 0 Å². The Kier molecular flexibility index (Phi) is 2.42. The summed E-state index contributed by atoms with van der Waals surface area (Å²) in [6.45, 7) is 0. The summed E-state index contributed by atoms with van der Waals surface area (Å²) in [6.07, 6.45) is -6.94. The van der Waals surface area contributed by atoms with E-state index in [1.807, 2.05) is 0 Å². The summed E-state index contributed by atoms with van der Waals surface area (Å²) in [5.74, 6) is -8.54. The molecule has 1 N–H and O–H groups in total. The van der Waals surface area contributed by atoms with E-state index >= 15 is 0 Å². The quantitative estimate of drug-likeness (QED) is 0.485. The van der Waals surface area contributed by atoms with Crippen molar-refractivity contribution in [2.24, 2.45) is 0 Å². The molecule has 0 radical (unpaired) electrons.